The molecule has 0 spiro atoms. The molecule has 0 fully saturated rings. The quantitative estimate of drug-likeness (QED) is 0.476. The fourth-order valence-corrected chi connectivity index (χ4v) is 2.07. The molecule has 3 nitrogen and oxygen atoms in total. The molecular weight excluding hydrogens is 250 g/mol. The highest BCUT2D eigenvalue weighted by Crippen LogP contribution is 2.07. The molecule has 0 atom stereocenters. The molecule has 0 aliphatic carbocycles. The Morgan fingerprint density at radius 3 is 2.50 bits per heavy atom. The molecule has 0 aromatic carbocycles. The van der Waals surface area contributed by atoms with Gasteiger partial charge in [-0.05, 0) is 24.6 Å². The van der Waals surface area contributed by atoms with E-state index in [4.69, 9.17) is 4.42 Å². The summed E-state index contributed by atoms with van der Waals surface area (Å²) in [4.78, 5) is 11.5. The summed E-state index contributed by atoms with van der Waals surface area (Å²) in [6.45, 7) is 3.00. The average molecular weight is 277 g/mol. The smallest absolute Gasteiger partial charge is 0.244 e. The summed E-state index contributed by atoms with van der Waals surface area (Å²) in [6.07, 6.45) is 15.0. The van der Waals surface area contributed by atoms with Crippen molar-refractivity contribution in [3.8, 4) is 0 Å². The Kier molecular flexibility index (Phi) is 9.37. The summed E-state index contributed by atoms with van der Waals surface area (Å²) in [7, 11) is 0. The number of unbranched alkanes of at least 4 members (excludes halogenated alkanes) is 7. The monoisotopic (exact) mass is 277 g/mol. The number of hydrogen-bond donors (Lipinski definition) is 1. The van der Waals surface area contributed by atoms with Gasteiger partial charge in [0.2, 0.25) is 5.91 Å². The number of carbonyl (C=O) groups excluding carboxylic acids is 1. The normalized spacial score (nSPS) is 11.1. The first-order chi connectivity index (χ1) is 9.83. The molecule has 1 heterocycles. The second-order valence-electron chi connectivity index (χ2n) is 5.11. The lowest BCUT2D eigenvalue weighted by Gasteiger charge is -2.02. The number of amides is 1. The van der Waals surface area contributed by atoms with Crippen molar-refractivity contribution >= 4 is 12.0 Å². The van der Waals surface area contributed by atoms with Gasteiger partial charge in [0, 0.05) is 12.6 Å². The summed E-state index contributed by atoms with van der Waals surface area (Å²) < 4.78 is 5.11. The maximum Gasteiger partial charge on any atom is 0.244 e. The Morgan fingerprint density at radius 1 is 1.15 bits per heavy atom. The van der Waals surface area contributed by atoms with Crippen LogP contribution in [0.5, 0.6) is 0 Å². The van der Waals surface area contributed by atoms with Crippen molar-refractivity contribution in [1.29, 1.82) is 0 Å². The first kappa shape index (κ1) is 16.5. The van der Waals surface area contributed by atoms with Gasteiger partial charge in [0.25, 0.3) is 0 Å². The molecular formula is C17H27NO2. The largest absolute Gasteiger partial charge is 0.465 e. The molecule has 0 radical (unpaired) electrons. The molecule has 0 unspecified atom stereocenters. The van der Waals surface area contributed by atoms with Crippen LogP contribution < -0.4 is 5.32 Å². The van der Waals surface area contributed by atoms with Gasteiger partial charge in [0.15, 0.2) is 0 Å². The van der Waals surface area contributed by atoms with Crippen LogP contribution in [0.2, 0.25) is 0 Å². The van der Waals surface area contributed by atoms with Gasteiger partial charge >= 0.3 is 0 Å². The lowest BCUT2D eigenvalue weighted by Crippen LogP contribution is -2.21. The van der Waals surface area contributed by atoms with E-state index in [0.717, 1.165) is 13.0 Å². The van der Waals surface area contributed by atoms with Gasteiger partial charge in [-0.2, -0.15) is 0 Å². The zero-order valence-electron chi connectivity index (χ0n) is 12.6. The number of nitrogens with one attached hydrogen (secondary N) is 1. The number of rotatable bonds is 11. The minimum Gasteiger partial charge on any atom is -0.465 e. The van der Waals surface area contributed by atoms with Crippen molar-refractivity contribution in [2.24, 2.45) is 0 Å². The maximum absolute atomic E-state index is 11.5. The molecule has 1 N–H and O–H groups in total. The summed E-state index contributed by atoms with van der Waals surface area (Å²) in [5.41, 5.74) is 0. The van der Waals surface area contributed by atoms with E-state index in [0.29, 0.717) is 5.76 Å². The maximum atomic E-state index is 11.5. The van der Waals surface area contributed by atoms with Gasteiger partial charge < -0.3 is 9.73 Å². The van der Waals surface area contributed by atoms with Gasteiger partial charge in [-0.3, -0.25) is 4.79 Å². The van der Waals surface area contributed by atoms with Gasteiger partial charge in [0.05, 0.1) is 6.26 Å². The summed E-state index contributed by atoms with van der Waals surface area (Å²) in [5, 5.41) is 2.89. The van der Waals surface area contributed by atoms with Crippen molar-refractivity contribution in [2.45, 2.75) is 58.3 Å². The summed E-state index contributed by atoms with van der Waals surface area (Å²) in [6, 6.07) is 3.63. The molecule has 0 saturated heterocycles. The third kappa shape index (κ3) is 8.57. The predicted molar refractivity (Wildman–Crippen MR) is 83.4 cm³/mol. The van der Waals surface area contributed by atoms with E-state index >= 15 is 0 Å². The average Bonchev–Trinajstić information content (AvgIpc) is 2.96. The second-order valence-corrected chi connectivity index (χ2v) is 5.11. The first-order valence-corrected chi connectivity index (χ1v) is 7.82. The molecule has 0 saturated carbocycles. The van der Waals surface area contributed by atoms with E-state index in [9.17, 15) is 4.79 Å². The first-order valence-electron chi connectivity index (χ1n) is 7.82. The molecule has 1 amide bonds. The number of hydrogen-bond acceptors (Lipinski definition) is 2. The van der Waals surface area contributed by atoms with Gasteiger partial charge in [0.1, 0.15) is 5.76 Å². The highest BCUT2D eigenvalue weighted by molar-refractivity contribution is 5.91. The van der Waals surface area contributed by atoms with Gasteiger partial charge in [-0.15, -0.1) is 0 Å². The molecule has 3 heteroatoms. The molecule has 1 aromatic rings. The predicted octanol–water partition coefficient (Wildman–Crippen LogP) is 4.55. The molecule has 0 aliphatic rings. The Labute approximate surface area is 122 Å². The van der Waals surface area contributed by atoms with Crippen LogP contribution in [-0.2, 0) is 4.79 Å². The zero-order valence-corrected chi connectivity index (χ0v) is 12.6. The minimum absolute atomic E-state index is 0.0515. The van der Waals surface area contributed by atoms with Crippen molar-refractivity contribution in [1.82, 2.24) is 5.32 Å². The minimum atomic E-state index is -0.0515. The second kappa shape index (κ2) is 11.3. The van der Waals surface area contributed by atoms with E-state index in [1.807, 2.05) is 6.07 Å². The lowest BCUT2D eigenvalue weighted by molar-refractivity contribution is -0.116. The SMILES string of the molecule is CCCCCCCCCCNC(=O)C=Cc1ccco1. The van der Waals surface area contributed by atoms with Crippen LogP contribution in [0.3, 0.4) is 0 Å². The van der Waals surface area contributed by atoms with Crippen LogP contribution in [0.15, 0.2) is 28.9 Å². The van der Waals surface area contributed by atoms with Crippen molar-refractivity contribution in [2.75, 3.05) is 6.54 Å². The standard InChI is InChI=1S/C17H27NO2/c1-2-3-4-5-6-7-8-9-14-18-17(19)13-12-16-11-10-15-20-16/h10-13,15H,2-9,14H2,1H3,(H,18,19). The molecule has 0 aliphatic heterocycles. The highest BCUT2D eigenvalue weighted by atomic mass is 16.3. The topological polar surface area (TPSA) is 42.2 Å². The molecule has 1 aromatic heterocycles. The Balaban J connectivity index is 1.92. The zero-order chi connectivity index (χ0) is 14.5. The van der Waals surface area contributed by atoms with Crippen LogP contribution in [0.4, 0.5) is 0 Å². The number of furan rings is 1. The third-order valence-corrected chi connectivity index (χ3v) is 3.27. The molecule has 112 valence electrons. The van der Waals surface area contributed by atoms with Crippen molar-refractivity contribution in [3.05, 3.63) is 30.2 Å². The van der Waals surface area contributed by atoms with E-state index in [1.165, 1.54) is 51.0 Å². The van der Waals surface area contributed by atoms with E-state index in [2.05, 4.69) is 12.2 Å². The van der Waals surface area contributed by atoms with Crippen LogP contribution in [0.1, 0.15) is 64.1 Å². The Bertz CT molecular complexity index is 368. The van der Waals surface area contributed by atoms with Crippen LogP contribution in [0, 0.1) is 0 Å². The summed E-state index contributed by atoms with van der Waals surface area (Å²) >= 11 is 0. The van der Waals surface area contributed by atoms with Gasteiger partial charge in [-0.1, -0.05) is 51.9 Å². The Morgan fingerprint density at radius 2 is 1.85 bits per heavy atom. The highest BCUT2D eigenvalue weighted by Gasteiger charge is 1.96. The van der Waals surface area contributed by atoms with E-state index < -0.39 is 0 Å². The lowest BCUT2D eigenvalue weighted by atomic mass is 10.1. The van der Waals surface area contributed by atoms with Crippen LogP contribution >= 0.6 is 0 Å². The van der Waals surface area contributed by atoms with Crippen molar-refractivity contribution in [3.63, 3.8) is 0 Å². The summed E-state index contributed by atoms with van der Waals surface area (Å²) in [5.74, 6) is 0.650. The molecule has 20 heavy (non-hydrogen) atoms. The number of carbonyl (C=O) groups is 1. The van der Waals surface area contributed by atoms with E-state index in [-0.39, 0.29) is 5.91 Å². The van der Waals surface area contributed by atoms with Crippen LogP contribution in [0.25, 0.3) is 6.08 Å². The fourth-order valence-electron chi connectivity index (χ4n) is 2.07. The van der Waals surface area contributed by atoms with Gasteiger partial charge in [-0.25, -0.2) is 0 Å². The molecule has 1 rings (SSSR count). The van der Waals surface area contributed by atoms with E-state index in [1.54, 1.807) is 18.4 Å². The molecule has 0 bridgehead atoms. The van der Waals surface area contributed by atoms with Crippen molar-refractivity contribution < 1.29 is 9.21 Å². The van der Waals surface area contributed by atoms with Crippen LogP contribution in [-0.4, -0.2) is 12.5 Å². The fraction of sp³-hybridized carbons (Fsp3) is 0.588. The third-order valence-electron chi connectivity index (χ3n) is 3.27. The Hall–Kier alpha value is -1.51.